The Balaban J connectivity index is 1.28. The van der Waals surface area contributed by atoms with Crippen molar-refractivity contribution in [2.75, 3.05) is 13.2 Å². The Morgan fingerprint density at radius 2 is 1.28 bits per heavy atom. The molecule has 0 N–H and O–H groups in total. The molecule has 0 bridgehead atoms. The van der Waals surface area contributed by atoms with E-state index in [4.69, 9.17) is 14.2 Å². The van der Waals surface area contributed by atoms with E-state index in [1.165, 1.54) is 81.0 Å². The maximum Gasteiger partial charge on any atom is 0.299 e. The molecule has 296 valence electrons. The predicted molar refractivity (Wildman–Crippen MR) is 244 cm³/mol. The lowest BCUT2D eigenvalue weighted by atomic mass is 9.95. The highest BCUT2D eigenvalue weighted by Crippen LogP contribution is 2.57. The number of rotatable bonds is 19. The van der Waals surface area contributed by atoms with Crippen LogP contribution >= 0.6 is 34.0 Å². The van der Waals surface area contributed by atoms with E-state index in [-0.39, 0.29) is 5.76 Å². The number of thiophene rings is 3. The first kappa shape index (κ1) is 41.0. The summed E-state index contributed by atoms with van der Waals surface area (Å²) in [6, 6.07) is 36.5. The number of aryl methyl sites for hydroxylation is 2. The van der Waals surface area contributed by atoms with Gasteiger partial charge in [-0.15, -0.1) is 34.0 Å². The summed E-state index contributed by atoms with van der Waals surface area (Å²) < 4.78 is 17.9. The van der Waals surface area contributed by atoms with Gasteiger partial charge in [-0.1, -0.05) is 137 Å². The Hall–Kier alpha value is -5.20. The van der Waals surface area contributed by atoms with E-state index in [0.717, 1.165) is 62.9 Å². The fourth-order valence-corrected chi connectivity index (χ4v) is 11.2. The Labute approximate surface area is 354 Å². The van der Waals surface area contributed by atoms with Crippen LogP contribution in [0.5, 0.6) is 11.5 Å². The van der Waals surface area contributed by atoms with Gasteiger partial charge in [0, 0.05) is 20.7 Å². The van der Waals surface area contributed by atoms with Crippen LogP contribution < -0.4 is 9.47 Å². The number of ether oxygens (including phenoxy) is 3. The molecule has 0 fully saturated rings. The number of fused-ring (bicyclic) bond motifs is 1. The Morgan fingerprint density at radius 1 is 0.672 bits per heavy atom. The molecule has 1 aliphatic rings. The predicted octanol–water partition coefficient (Wildman–Crippen LogP) is 14.5. The topological polar surface area (TPSA) is 68.5 Å². The van der Waals surface area contributed by atoms with Gasteiger partial charge in [0.1, 0.15) is 19.3 Å². The highest BCUT2D eigenvalue weighted by atomic mass is 32.1. The Kier molecular flexibility index (Phi) is 14.5. The first-order valence-corrected chi connectivity index (χ1v) is 22.9. The van der Waals surface area contributed by atoms with Crippen molar-refractivity contribution in [1.82, 2.24) is 0 Å². The number of allylic oxidation sites excluding steroid dienone is 1. The van der Waals surface area contributed by atoms with E-state index in [0.29, 0.717) is 19.7 Å². The second-order valence-corrected chi connectivity index (χ2v) is 17.6. The molecule has 5 nitrogen and oxygen atoms in total. The maximum absolute atomic E-state index is 11.1. The monoisotopic (exact) mass is 823 g/mol. The van der Waals surface area contributed by atoms with Crippen LogP contribution in [0.2, 0.25) is 0 Å². The minimum Gasteiger partial charge on any atom is -0.485 e. The van der Waals surface area contributed by atoms with Crippen molar-refractivity contribution in [3.63, 3.8) is 0 Å². The van der Waals surface area contributed by atoms with Gasteiger partial charge in [0.05, 0.1) is 14.6 Å². The van der Waals surface area contributed by atoms with Crippen LogP contribution in [0.15, 0.2) is 103 Å². The van der Waals surface area contributed by atoms with Gasteiger partial charge in [-0.25, -0.2) is 0 Å². The first-order valence-electron chi connectivity index (χ1n) is 20.4. The quantitative estimate of drug-likeness (QED) is 0.0268. The standard InChI is InChI=1S/C50H49NO4S3/c1-3-5-7-11-21-39-30-42(32-41(33-51)55-34-52)56-47(39)44-31-40(22-12-8-6-4-2)49(57-44)50-46-45(53-27-28-54-46)48(58-50)38-25-23-35(24-26-38)29-43(36-17-13-9-14-18-36)37-19-15-10-16-20-37/h9-10,13-20,23-26,29-32,34H,3-8,11-12,21-22,27-28H2,1-2H3/b41-32+. The van der Waals surface area contributed by atoms with E-state index in [9.17, 15) is 10.1 Å². The average Bonchev–Trinajstić information content (AvgIpc) is 3.99. The molecule has 0 spiro atoms. The van der Waals surface area contributed by atoms with Gasteiger partial charge < -0.3 is 14.2 Å². The van der Waals surface area contributed by atoms with Crippen LogP contribution in [0.25, 0.3) is 47.7 Å². The van der Waals surface area contributed by atoms with Crippen molar-refractivity contribution in [2.45, 2.75) is 78.1 Å². The fourth-order valence-electron chi connectivity index (χ4n) is 7.35. The molecule has 0 unspecified atom stereocenters. The van der Waals surface area contributed by atoms with Gasteiger partial charge in [0.25, 0.3) is 6.47 Å². The van der Waals surface area contributed by atoms with Crippen molar-refractivity contribution >= 4 is 58.2 Å². The van der Waals surface area contributed by atoms with Gasteiger partial charge >= 0.3 is 0 Å². The van der Waals surface area contributed by atoms with Crippen LogP contribution in [-0.4, -0.2) is 19.7 Å². The highest BCUT2D eigenvalue weighted by Gasteiger charge is 2.29. The summed E-state index contributed by atoms with van der Waals surface area (Å²) in [5.74, 6) is 1.67. The van der Waals surface area contributed by atoms with Crippen molar-refractivity contribution in [3.05, 3.63) is 136 Å². The van der Waals surface area contributed by atoms with Gasteiger partial charge in [-0.05, 0) is 82.8 Å². The third-order valence-electron chi connectivity index (χ3n) is 10.3. The number of carbonyl (C=O) groups is 1. The molecule has 0 amide bonds. The number of hydrogen-bond acceptors (Lipinski definition) is 8. The van der Waals surface area contributed by atoms with Crippen LogP contribution in [0.1, 0.15) is 97.9 Å². The number of carbonyl (C=O) groups excluding carboxylic acids is 1. The number of hydrogen-bond donors (Lipinski definition) is 0. The third-order valence-corrected chi connectivity index (χ3v) is 14.1. The summed E-state index contributed by atoms with van der Waals surface area (Å²) in [5, 5.41) is 9.59. The van der Waals surface area contributed by atoms with Gasteiger partial charge in [0.15, 0.2) is 11.5 Å². The van der Waals surface area contributed by atoms with E-state index in [1.54, 1.807) is 28.7 Å². The first-order chi connectivity index (χ1) is 28.6. The maximum atomic E-state index is 11.1. The SMILES string of the molecule is CCCCCCc1cc(/C=C(\C#N)OC=O)sc1-c1cc(CCCCCC)c(-c2sc(-c3ccc(C=C(c4ccccc4)c4ccccc4)cc3)c3c2OCCO3)s1. The molecule has 1 aliphatic heterocycles. The molecule has 6 aromatic rings. The van der Waals surface area contributed by atoms with E-state index in [2.05, 4.69) is 117 Å². The molecule has 3 aromatic heterocycles. The number of nitrogens with zero attached hydrogens (tertiary/aromatic N) is 1. The molecular weight excluding hydrogens is 775 g/mol. The summed E-state index contributed by atoms with van der Waals surface area (Å²) >= 11 is 5.24. The number of unbranched alkanes of at least 4 members (excludes halogenated alkanes) is 6. The second kappa shape index (κ2) is 20.5. The van der Waals surface area contributed by atoms with Gasteiger partial charge in [-0.2, -0.15) is 5.26 Å². The molecule has 0 atom stereocenters. The number of nitriles is 1. The molecule has 0 aliphatic carbocycles. The summed E-state index contributed by atoms with van der Waals surface area (Å²) in [7, 11) is 0. The molecule has 7 rings (SSSR count). The van der Waals surface area contributed by atoms with Gasteiger partial charge in [0.2, 0.25) is 5.76 Å². The molecule has 0 radical (unpaired) electrons. The average molecular weight is 824 g/mol. The second-order valence-electron chi connectivity index (χ2n) is 14.5. The lowest BCUT2D eigenvalue weighted by Crippen LogP contribution is -2.14. The summed E-state index contributed by atoms with van der Waals surface area (Å²) in [6.45, 7) is 5.82. The molecule has 0 saturated heterocycles. The molecule has 3 aromatic carbocycles. The zero-order valence-corrected chi connectivity index (χ0v) is 35.7. The highest BCUT2D eigenvalue weighted by molar-refractivity contribution is 7.28. The normalized spacial score (nSPS) is 12.3. The van der Waals surface area contributed by atoms with Crippen molar-refractivity contribution in [3.8, 4) is 47.5 Å². The third kappa shape index (κ3) is 9.90. The zero-order valence-electron chi connectivity index (χ0n) is 33.3. The Bertz CT molecular complexity index is 2330. The molecule has 0 saturated carbocycles. The minimum atomic E-state index is -0.00408. The van der Waals surface area contributed by atoms with Crippen LogP contribution in [0.4, 0.5) is 0 Å². The largest absolute Gasteiger partial charge is 0.485 e. The smallest absolute Gasteiger partial charge is 0.299 e. The Morgan fingerprint density at radius 3 is 1.86 bits per heavy atom. The van der Waals surface area contributed by atoms with Crippen LogP contribution in [0, 0.1) is 11.3 Å². The summed E-state index contributed by atoms with van der Waals surface area (Å²) in [5.41, 5.74) is 8.37. The summed E-state index contributed by atoms with van der Waals surface area (Å²) in [4.78, 5) is 17.9. The lowest BCUT2D eigenvalue weighted by molar-refractivity contribution is -0.124. The van der Waals surface area contributed by atoms with E-state index < -0.39 is 0 Å². The molecule has 58 heavy (non-hydrogen) atoms. The zero-order chi connectivity index (χ0) is 40.1. The van der Waals surface area contributed by atoms with E-state index in [1.807, 2.05) is 17.4 Å². The van der Waals surface area contributed by atoms with Crippen molar-refractivity contribution < 1.29 is 19.0 Å². The number of benzene rings is 3. The molecule has 4 heterocycles. The van der Waals surface area contributed by atoms with Crippen LogP contribution in [0.3, 0.4) is 0 Å². The van der Waals surface area contributed by atoms with Gasteiger partial charge in [-0.3, -0.25) is 4.79 Å². The molecule has 8 heteroatoms. The summed E-state index contributed by atoms with van der Waals surface area (Å²) in [6.07, 6.45) is 15.3. The molecular formula is C50H49NO4S3. The minimum absolute atomic E-state index is 0.00408. The van der Waals surface area contributed by atoms with Crippen molar-refractivity contribution in [1.29, 1.82) is 5.26 Å². The van der Waals surface area contributed by atoms with E-state index >= 15 is 0 Å². The van der Waals surface area contributed by atoms with Crippen molar-refractivity contribution in [2.24, 2.45) is 0 Å². The lowest BCUT2D eigenvalue weighted by Gasteiger charge is -2.17. The van der Waals surface area contributed by atoms with Crippen LogP contribution in [-0.2, 0) is 22.4 Å². The fraction of sp³-hybridized carbons (Fsp3) is 0.280.